The maximum atomic E-state index is 12.2. The van der Waals surface area contributed by atoms with E-state index in [4.69, 9.17) is 11.6 Å². The van der Waals surface area contributed by atoms with E-state index >= 15 is 0 Å². The van der Waals surface area contributed by atoms with Crippen molar-refractivity contribution in [3.8, 4) is 0 Å². The van der Waals surface area contributed by atoms with Crippen molar-refractivity contribution in [3.63, 3.8) is 0 Å². The Morgan fingerprint density at radius 2 is 1.90 bits per heavy atom. The van der Waals surface area contributed by atoms with E-state index in [1.54, 1.807) is 18.2 Å². The van der Waals surface area contributed by atoms with Crippen LogP contribution >= 0.6 is 11.6 Å². The monoisotopic (exact) mass is 317 g/mol. The standard InChI is InChI=1S/C15H24ClNO2S/c1-4-9-20(18,19)15-8-6-5-7-14(15)17-11-13(16)10-12(2)3/h5-8,12-13,17H,4,9-11H2,1-3H3. The third-order valence-corrected chi connectivity index (χ3v) is 5.24. The largest absolute Gasteiger partial charge is 0.383 e. The van der Waals surface area contributed by atoms with Gasteiger partial charge >= 0.3 is 0 Å². The van der Waals surface area contributed by atoms with Gasteiger partial charge in [0, 0.05) is 6.54 Å². The molecule has 0 aliphatic carbocycles. The number of halogens is 1. The maximum absolute atomic E-state index is 12.2. The number of rotatable bonds is 8. The van der Waals surface area contributed by atoms with E-state index in [2.05, 4.69) is 19.2 Å². The van der Waals surface area contributed by atoms with Crippen molar-refractivity contribution < 1.29 is 8.42 Å². The Hall–Kier alpha value is -0.740. The SMILES string of the molecule is CCCS(=O)(=O)c1ccccc1NCC(Cl)CC(C)C. The summed E-state index contributed by atoms with van der Waals surface area (Å²) in [5.41, 5.74) is 0.648. The van der Waals surface area contributed by atoms with Gasteiger partial charge in [-0.1, -0.05) is 32.9 Å². The van der Waals surface area contributed by atoms with Crippen LogP contribution in [0.3, 0.4) is 0 Å². The average molecular weight is 318 g/mol. The Morgan fingerprint density at radius 3 is 2.50 bits per heavy atom. The summed E-state index contributed by atoms with van der Waals surface area (Å²) in [6.07, 6.45) is 1.51. The van der Waals surface area contributed by atoms with Crippen molar-refractivity contribution in [1.82, 2.24) is 0 Å². The zero-order chi connectivity index (χ0) is 15.2. The molecule has 1 rings (SSSR count). The summed E-state index contributed by atoms with van der Waals surface area (Å²) in [6, 6.07) is 7.03. The predicted molar refractivity (Wildman–Crippen MR) is 86.4 cm³/mol. The number of para-hydroxylation sites is 1. The highest BCUT2D eigenvalue weighted by molar-refractivity contribution is 7.91. The molecule has 1 unspecified atom stereocenters. The van der Waals surface area contributed by atoms with Gasteiger partial charge in [0.25, 0.3) is 0 Å². The Balaban J connectivity index is 2.81. The summed E-state index contributed by atoms with van der Waals surface area (Å²) in [4.78, 5) is 0.371. The summed E-state index contributed by atoms with van der Waals surface area (Å²) < 4.78 is 24.4. The number of alkyl halides is 1. The highest BCUT2D eigenvalue weighted by atomic mass is 35.5. The van der Waals surface area contributed by atoms with Gasteiger partial charge in [0.1, 0.15) is 0 Å². The van der Waals surface area contributed by atoms with Gasteiger partial charge in [-0.05, 0) is 30.9 Å². The minimum Gasteiger partial charge on any atom is -0.383 e. The van der Waals surface area contributed by atoms with E-state index < -0.39 is 9.84 Å². The van der Waals surface area contributed by atoms with Crippen LogP contribution in [0.15, 0.2) is 29.2 Å². The predicted octanol–water partition coefficient (Wildman–Crippen LogP) is 3.94. The van der Waals surface area contributed by atoms with Gasteiger partial charge in [-0.15, -0.1) is 11.6 Å². The number of hydrogen-bond acceptors (Lipinski definition) is 3. The normalized spacial score (nSPS) is 13.4. The number of nitrogens with one attached hydrogen (secondary N) is 1. The van der Waals surface area contributed by atoms with E-state index in [9.17, 15) is 8.42 Å². The molecule has 0 fully saturated rings. The average Bonchev–Trinajstić information content (AvgIpc) is 2.36. The molecule has 0 aliphatic heterocycles. The van der Waals surface area contributed by atoms with Crippen LogP contribution in [-0.2, 0) is 9.84 Å². The quantitative estimate of drug-likeness (QED) is 0.739. The first-order valence-corrected chi connectivity index (χ1v) is 9.15. The molecule has 1 aromatic rings. The summed E-state index contributed by atoms with van der Waals surface area (Å²) in [7, 11) is -3.22. The molecular weight excluding hydrogens is 294 g/mol. The third-order valence-electron chi connectivity index (χ3n) is 2.94. The fourth-order valence-corrected chi connectivity index (χ4v) is 4.03. The summed E-state index contributed by atoms with van der Waals surface area (Å²) in [5, 5.41) is 3.17. The van der Waals surface area contributed by atoms with Gasteiger partial charge < -0.3 is 5.32 Å². The molecule has 0 radical (unpaired) electrons. The zero-order valence-corrected chi connectivity index (χ0v) is 14.0. The molecule has 1 atom stereocenters. The van der Waals surface area contributed by atoms with Crippen molar-refractivity contribution in [1.29, 1.82) is 0 Å². The van der Waals surface area contributed by atoms with Crippen molar-refractivity contribution in [2.75, 3.05) is 17.6 Å². The molecule has 0 aliphatic rings. The molecule has 0 heterocycles. The Morgan fingerprint density at radius 1 is 1.25 bits per heavy atom. The van der Waals surface area contributed by atoms with Crippen LogP contribution < -0.4 is 5.32 Å². The zero-order valence-electron chi connectivity index (χ0n) is 12.4. The molecule has 0 bridgehead atoms. The fourth-order valence-electron chi connectivity index (χ4n) is 2.08. The van der Waals surface area contributed by atoms with E-state index in [1.165, 1.54) is 0 Å². The second-order valence-electron chi connectivity index (χ2n) is 5.42. The molecule has 20 heavy (non-hydrogen) atoms. The molecule has 0 aromatic heterocycles. The highest BCUT2D eigenvalue weighted by Crippen LogP contribution is 2.23. The van der Waals surface area contributed by atoms with E-state index in [1.807, 2.05) is 13.0 Å². The smallest absolute Gasteiger partial charge is 0.180 e. The van der Waals surface area contributed by atoms with Gasteiger partial charge in [0.2, 0.25) is 0 Å². The Bertz CT molecular complexity index is 514. The topological polar surface area (TPSA) is 46.2 Å². The molecule has 1 N–H and O–H groups in total. The minimum absolute atomic E-state index is 0.00284. The van der Waals surface area contributed by atoms with Crippen molar-refractivity contribution >= 4 is 27.1 Å². The first kappa shape index (κ1) is 17.3. The lowest BCUT2D eigenvalue weighted by Crippen LogP contribution is -2.18. The van der Waals surface area contributed by atoms with Crippen LogP contribution in [0.4, 0.5) is 5.69 Å². The molecule has 114 valence electrons. The van der Waals surface area contributed by atoms with Crippen LogP contribution in [0, 0.1) is 5.92 Å². The first-order chi connectivity index (χ1) is 9.36. The van der Waals surface area contributed by atoms with Crippen molar-refractivity contribution in [3.05, 3.63) is 24.3 Å². The van der Waals surface area contributed by atoms with Gasteiger partial charge in [-0.25, -0.2) is 8.42 Å². The third kappa shape index (κ3) is 5.33. The van der Waals surface area contributed by atoms with E-state index in [0.29, 0.717) is 29.5 Å². The maximum Gasteiger partial charge on any atom is 0.180 e. The second kappa shape index (κ2) is 7.89. The van der Waals surface area contributed by atoms with Crippen LogP contribution in [0.25, 0.3) is 0 Å². The lowest BCUT2D eigenvalue weighted by atomic mass is 10.1. The summed E-state index contributed by atoms with van der Waals surface area (Å²) in [5.74, 6) is 0.695. The Kier molecular flexibility index (Phi) is 6.83. The lowest BCUT2D eigenvalue weighted by molar-refractivity contribution is 0.571. The van der Waals surface area contributed by atoms with Crippen molar-refractivity contribution in [2.45, 2.75) is 43.9 Å². The molecule has 3 nitrogen and oxygen atoms in total. The molecular formula is C15H24ClNO2S. The van der Waals surface area contributed by atoms with E-state index in [-0.39, 0.29) is 11.1 Å². The Labute approximate surface area is 127 Å². The van der Waals surface area contributed by atoms with Crippen LogP contribution in [0.1, 0.15) is 33.6 Å². The number of benzene rings is 1. The van der Waals surface area contributed by atoms with E-state index in [0.717, 1.165) is 6.42 Å². The highest BCUT2D eigenvalue weighted by Gasteiger charge is 2.17. The number of sulfone groups is 1. The number of anilines is 1. The molecule has 1 aromatic carbocycles. The van der Waals surface area contributed by atoms with Gasteiger partial charge in [-0.3, -0.25) is 0 Å². The first-order valence-electron chi connectivity index (χ1n) is 7.06. The van der Waals surface area contributed by atoms with Crippen LogP contribution in [0.2, 0.25) is 0 Å². The van der Waals surface area contributed by atoms with Crippen LogP contribution in [-0.4, -0.2) is 26.1 Å². The molecule has 0 spiro atoms. The van der Waals surface area contributed by atoms with Crippen molar-refractivity contribution in [2.24, 2.45) is 5.92 Å². The molecule has 0 amide bonds. The second-order valence-corrected chi connectivity index (χ2v) is 8.12. The fraction of sp³-hybridized carbons (Fsp3) is 0.600. The number of hydrogen-bond donors (Lipinski definition) is 1. The molecule has 5 heteroatoms. The lowest BCUT2D eigenvalue weighted by Gasteiger charge is -2.16. The van der Waals surface area contributed by atoms with Gasteiger partial charge in [-0.2, -0.15) is 0 Å². The summed E-state index contributed by atoms with van der Waals surface area (Å²) in [6.45, 7) is 6.67. The van der Waals surface area contributed by atoms with Crippen LogP contribution in [0.5, 0.6) is 0 Å². The minimum atomic E-state index is -3.22. The van der Waals surface area contributed by atoms with Gasteiger partial charge in [0.05, 0.1) is 21.7 Å². The summed E-state index contributed by atoms with van der Waals surface area (Å²) >= 11 is 6.24. The molecule has 0 saturated heterocycles. The molecule has 0 saturated carbocycles. The van der Waals surface area contributed by atoms with Gasteiger partial charge in [0.15, 0.2) is 9.84 Å².